The van der Waals surface area contributed by atoms with Crippen LogP contribution in [0.3, 0.4) is 0 Å². The van der Waals surface area contributed by atoms with Crippen molar-refractivity contribution in [2.45, 2.75) is 110 Å². The average Bonchev–Trinajstić information content (AvgIpc) is 3.18. The van der Waals surface area contributed by atoms with Gasteiger partial charge in [0.1, 0.15) is 6.04 Å². The van der Waals surface area contributed by atoms with E-state index in [4.69, 9.17) is 0 Å². The third-order valence-electron chi connectivity index (χ3n) is 6.18. The molecule has 1 atom stereocenters. The van der Waals surface area contributed by atoms with Gasteiger partial charge in [-0.15, -0.1) is 0 Å². The maximum atomic E-state index is 12.8. The van der Waals surface area contributed by atoms with Crippen molar-refractivity contribution in [1.82, 2.24) is 4.90 Å². The molecule has 4 nitrogen and oxygen atoms in total. The summed E-state index contributed by atoms with van der Waals surface area (Å²) >= 11 is 0. The van der Waals surface area contributed by atoms with Crippen LogP contribution in [0.1, 0.15) is 81.8 Å². The minimum Gasteiger partial charge on any atom is -0.331 e. The number of hydrogen-bond donors (Lipinski definition) is 1. The van der Waals surface area contributed by atoms with Crippen LogP contribution in [-0.2, 0) is 9.59 Å². The number of amides is 2. The number of carbonyl (C=O) groups excluding carboxylic acids is 2. The van der Waals surface area contributed by atoms with Gasteiger partial charge in [-0.1, -0.05) is 70.2 Å². The van der Waals surface area contributed by atoms with E-state index in [1.807, 2.05) is 30.9 Å². The smallest absolute Gasteiger partial charge is 0.247 e. The highest BCUT2D eigenvalue weighted by atomic mass is 28.3. The highest BCUT2D eigenvalue weighted by Crippen LogP contribution is 2.22. The Hall–Kier alpha value is -1.62. The topological polar surface area (TPSA) is 49.4 Å². The molecule has 0 spiro atoms. The zero-order chi connectivity index (χ0) is 22.6. The number of benzene rings is 1. The van der Waals surface area contributed by atoms with E-state index in [2.05, 4.69) is 24.5 Å². The van der Waals surface area contributed by atoms with Crippen LogP contribution in [0.5, 0.6) is 0 Å². The molecule has 0 saturated carbocycles. The molecule has 5 heteroatoms. The summed E-state index contributed by atoms with van der Waals surface area (Å²) in [5.41, 5.74) is 3.09. The number of aryl methyl sites for hydroxylation is 2. The van der Waals surface area contributed by atoms with Gasteiger partial charge in [0.25, 0.3) is 0 Å². The van der Waals surface area contributed by atoms with E-state index >= 15 is 0 Å². The monoisotopic (exact) mass is 443 g/mol. The lowest BCUT2D eigenvalue weighted by Gasteiger charge is -2.24. The number of likely N-dealkylation sites (tertiary alicyclic amines) is 1. The molecule has 1 saturated heterocycles. The second-order valence-electron chi connectivity index (χ2n) is 9.65. The Balaban J connectivity index is 1.64. The molecule has 2 amide bonds. The first-order valence-electron chi connectivity index (χ1n) is 12.3. The highest BCUT2D eigenvalue weighted by Gasteiger charge is 2.33. The van der Waals surface area contributed by atoms with Gasteiger partial charge in [0, 0.05) is 27.4 Å². The summed E-state index contributed by atoms with van der Waals surface area (Å²) in [4.78, 5) is 27.4. The Morgan fingerprint density at radius 3 is 2.13 bits per heavy atom. The molecule has 1 radical (unpaired) electrons. The number of rotatable bonds is 13. The number of nitrogens with one attached hydrogen (secondary N) is 1. The first-order chi connectivity index (χ1) is 14.9. The van der Waals surface area contributed by atoms with Gasteiger partial charge in [-0.25, -0.2) is 0 Å². The van der Waals surface area contributed by atoms with Crippen molar-refractivity contribution in [3.05, 3.63) is 29.3 Å². The van der Waals surface area contributed by atoms with E-state index in [0.717, 1.165) is 42.5 Å². The van der Waals surface area contributed by atoms with Gasteiger partial charge in [0.2, 0.25) is 11.8 Å². The largest absolute Gasteiger partial charge is 0.331 e. The number of hydrogen-bond acceptors (Lipinski definition) is 2. The summed E-state index contributed by atoms with van der Waals surface area (Å²) in [7, 11) is -0.0435. The van der Waals surface area contributed by atoms with E-state index in [1.54, 1.807) is 0 Å². The summed E-state index contributed by atoms with van der Waals surface area (Å²) < 4.78 is 0. The van der Waals surface area contributed by atoms with E-state index in [9.17, 15) is 9.59 Å². The van der Waals surface area contributed by atoms with Crippen LogP contribution < -0.4 is 5.32 Å². The van der Waals surface area contributed by atoms with Gasteiger partial charge < -0.3 is 10.2 Å². The standard InChI is InChI=1S/C26H43N2O2Si/c1-21-18-22(2)20-23(19-21)27-26(30)24-14-13-16-28(24)25(29)15-11-9-7-5-6-8-10-12-17-31(3)4/h18-20,24H,5-17H2,1-4H3,(H,27,30)/t24-/m0/s1. The fourth-order valence-electron chi connectivity index (χ4n) is 4.57. The second-order valence-corrected chi connectivity index (χ2v) is 12.6. The van der Waals surface area contributed by atoms with E-state index in [-0.39, 0.29) is 26.7 Å². The summed E-state index contributed by atoms with van der Waals surface area (Å²) in [6.07, 6.45) is 12.3. The Morgan fingerprint density at radius 2 is 1.52 bits per heavy atom. The van der Waals surface area contributed by atoms with Crippen molar-refractivity contribution in [2.75, 3.05) is 11.9 Å². The van der Waals surface area contributed by atoms with Gasteiger partial charge in [-0.3, -0.25) is 9.59 Å². The molecular formula is C26H43N2O2Si. The van der Waals surface area contributed by atoms with Gasteiger partial charge in [-0.05, 0) is 56.4 Å². The minimum atomic E-state index is -0.318. The Morgan fingerprint density at radius 1 is 0.935 bits per heavy atom. The molecule has 31 heavy (non-hydrogen) atoms. The fourth-order valence-corrected chi connectivity index (χ4v) is 5.53. The van der Waals surface area contributed by atoms with Crippen molar-refractivity contribution < 1.29 is 9.59 Å². The maximum Gasteiger partial charge on any atom is 0.247 e. The molecular weight excluding hydrogens is 400 g/mol. The average molecular weight is 444 g/mol. The lowest BCUT2D eigenvalue weighted by Crippen LogP contribution is -2.43. The first kappa shape index (κ1) is 25.6. The van der Waals surface area contributed by atoms with Gasteiger partial charge in [-0.2, -0.15) is 0 Å². The number of unbranched alkanes of at least 4 members (excludes halogenated alkanes) is 7. The van der Waals surface area contributed by atoms with Crippen LogP contribution in [0.25, 0.3) is 0 Å². The molecule has 1 aromatic carbocycles. The van der Waals surface area contributed by atoms with Crippen molar-refractivity contribution in [1.29, 1.82) is 0 Å². The van der Waals surface area contributed by atoms with Crippen molar-refractivity contribution >= 4 is 26.3 Å². The Labute approximate surface area is 191 Å². The van der Waals surface area contributed by atoms with Crippen LogP contribution in [-0.4, -0.2) is 38.1 Å². The molecule has 0 bridgehead atoms. The number of carbonyl (C=O) groups is 2. The predicted molar refractivity (Wildman–Crippen MR) is 133 cm³/mol. The zero-order valence-corrected chi connectivity index (χ0v) is 21.3. The first-order valence-corrected chi connectivity index (χ1v) is 15.0. The third kappa shape index (κ3) is 9.59. The van der Waals surface area contributed by atoms with E-state index in [1.165, 1.54) is 44.6 Å². The lowest BCUT2D eigenvalue weighted by molar-refractivity contribution is -0.136. The molecule has 0 aliphatic carbocycles. The number of anilines is 1. The highest BCUT2D eigenvalue weighted by molar-refractivity contribution is 6.55. The summed E-state index contributed by atoms with van der Waals surface area (Å²) in [6, 6.07) is 7.19. The Bertz CT molecular complexity index is 684. The maximum absolute atomic E-state index is 12.8. The predicted octanol–water partition coefficient (Wildman–Crippen LogP) is 6.50. The van der Waals surface area contributed by atoms with Crippen LogP contribution in [0.4, 0.5) is 5.69 Å². The molecule has 1 N–H and O–H groups in total. The van der Waals surface area contributed by atoms with Crippen molar-refractivity contribution in [2.24, 2.45) is 0 Å². The molecule has 1 aliphatic heterocycles. The summed E-state index contributed by atoms with van der Waals surface area (Å²) in [5.74, 6) is 0.102. The lowest BCUT2D eigenvalue weighted by atomic mass is 10.1. The van der Waals surface area contributed by atoms with E-state index in [0.29, 0.717) is 13.0 Å². The quantitative estimate of drug-likeness (QED) is 0.279. The summed E-state index contributed by atoms with van der Waals surface area (Å²) in [5, 5.41) is 3.03. The molecule has 1 aromatic rings. The molecule has 1 heterocycles. The number of nitrogens with zero attached hydrogens (tertiary/aromatic N) is 1. The van der Waals surface area contributed by atoms with Gasteiger partial charge >= 0.3 is 0 Å². The molecule has 0 unspecified atom stereocenters. The van der Waals surface area contributed by atoms with Crippen LogP contribution in [0.15, 0.2) is 18.2 Å². The van der Waals surface area contributed by atoms with Crippen LogP contribution in [0.2, 0.25) is 19.1 Å². The normalized spacial score (nSPS) is 16.2. The fraction of sp³-hybridized carbons (Fsp3) is 0.692. The second kappa shape index (κ2) is 13.7. The van der Waals surface area contributed by atoms with Crippen molar-refractivity contribution in [3.63, 3.8) is 0 Å². The van der Waals surface area contributed by atoms with Gasteiger partial charge in [0.15, 0.2) is 0 Å². The van der Waals surface area contributed by atoms with Crippen LogP contribution >= 0.6 is 0 Å². The third-order valence-corrected chi connectivity index (χ3v) is 7.54. The zero-order valence-electron chi connectivity index (χ0n) is 20.3. The molecule has 173 valence electrons. The molecule has 0 aromatic heterocycles. The van der Waals surface area contributed by atoms with Crippen molar-refractivity contribution in [3.8, 4) is 0 Å². The Kier molecular flexibility index (Phi) is 11.3. The summed E-state index contributed by atoms with van der Waals surface area (Å²) in [6.45, 7) is 9.56. The SMILES string of the molecule is Cc1cc(C)cc(NC(=O)[C@@H]2CCCN2C(=O)CCCCCCCCCC[Si](C)C)c1. The van der Waals surface area contributed by atoms with Crippen LogP contribution in [0, 0.1) is 13.8 Å². The molecule has 1 aliphatic rings. The van der Waals surface area contributed by atoms with E-state index < -0.39 is 0 Å². The molecule has 2 rings (SSSR count). The molecule has 1 fully saturated rings. The van der Waals surface area contributed by atoms with Gasteiger partial charge in [0.05, 0.1) is 0 Å². The minimum absolute atomic E-state index is 0.0435.